The molecule has 0 heterocycles. The molecule has 1 aromatic rings. The first-order valence-corrected chi connectivity index (χ1v) is 5.96. The molecular formula is C14H22O2. The highest BCUT2D eigenvalue weighted by atomic mass is 16.7. The van der Waals surface area contributed by atoms with Crippen molar-refractivity contribution < 1.29 is 9.47 Å². The van der Waals surface area contributed by atoms with Crippen LogP contribution in [0.15, 0.2) is 18.2 Å². The number of aryl methyl sites for hydroxylation is 2. The second-order valence-electron chi connectivity index (χ2n) is 3.97. The maximum absolute atomic E-state index is 5.55. The van der Waals surface area contributed by atoms with Gasteiger partial charge in [0.2, 0.25) is 0 Å². The number of ether oxygens (including phenoxy) is 2. The molecule has 0 aliphatic rings. The minimum Gasteiger partial charge on any atom is -0.353 e. The van der Waals surface area contributed by atoms with Crippen LogP contribution in [0, 0.1) is 13.8 Å². The molecule has 0 radical (unpaired) electrons. The smallest absolute Gasteiger partial charge is 0.161 e. The zero-order valence-corrected chi connectivity index (χ0v) is 10.7. The van der Waals surface area contributed by atoms with Gasteiger partial charge in [-0.15, -0.1) is 0 Å². The van der Waals surface area contributed by atoms with E-state index in [1.807, 2.05) is 13.8 Å². The summed E-state index contributed by atoms with van der Waals surface area (Å²) >= 11 is 0. The molecule has 90 valence electrons. The third-order valence-electron chi connectivity index (χ3n) is 2.59. The van der Waals surface area contributed by atoms with Gasteiger partial charge in [0.05, 0.1) is 0 Å². The van der Waals surface area contributed by atoms with Crippen molar-refractivity contribution in [3.8, 4) is 0 Å². The van der Waals surface area contributed by atoms with Crippen molar-refractivity contribution in [2.45, 2.75) is 40.4 Å². The quantitative estimate of drug-likeness (QED) is 0.688. The van der Waals surface area contributed by atoms with Gasteiger partial charge in [-0.2, -0.15) is 0 Å². The molecule has 0 spiro atoms. The van der Waals surface area contributed by atoms with Crippen LogP contribution in [0.1, 0.15) is 30.5 Å². The summed E-state index contributed by atoms with van der Waals surface area (Å²) in [7, 11) is 0. The molecule has 2 heteroatoms. The predicted octanol–water partition coefficient (Wildman–Crippen LogP) is 3.25. The summed E-state index contributed by atoms with van der Waals surface area (Å²) in [5, 5.41) is 0. The summed E-state index contributed by atoms with van der Waals surface area (Å²) in [4.78, 5) is 0. The molecule has 0 atom stereocenters. The van der Waals surface area contributed by atoms with Gasteiger partial charge in [0, 0.05) is 19.6 Å². The standard InChI is InChI=1S/C14H22O2/c1-5-15-14(16-6-2)10-13-8-7-11(3)9-12(13)4/h7-9,14H,5-6,10H2,1-4H3. The molecule has 0 aliphatic heterocycles. The number of hydrogen-bond acceptors (Lipinski definition) is 2. The Hall–Kier alpha value is -0.860. The van der Waals surface area contributed by atoms with E-state index < -0.39 is 0 Å². The van der Waals surface area contributed by atoms with Crippen molar-refractivity contribution in [2.75, 3.05) is 13.2 Å². The van der Waals surface area contributed by atoms with Crippen molar-refractivity contribution in [3.63, 3.8) is 0 Å². The predicted molar refractivity (Wildman–Crippen MR) is 66.7 cm³/mol. The average molecular weight is 222 g/mol. The van der Waals surface area contributed by atoms with Crippen molar-refractivity contribution in [3.05, 3.63) is 34.9 Å². The lowest BCUT2D eigenvalue weighted by Gasteiger charge is -2.18. The van der Waals surface area contributed by atoms with E-state index >= 15 is 0 Å². The van der Waals surface area contributed by atoms with Gasteiger partial charge in [0.1, 0.15) is 0 Å². The Morgan fingerprint density at radius 3 is 2.19 bits per heavy atom. The highest BCUT2D eigenvalue weighted by Gasteiger charge is 2.10. The maximum Gasteiger partial charge on any atom is 0.161 e. The fourth-order valence-electron chi connectivity index (χ4n) is 1.79. The van der Waals surface area contributed by atoms with E-state index in [-0.39, 0.29) is 6.29 Å². The zero-order valence-electron chi connectivity index (χ0n) is 10.7. The van der Waals surface area contributed by atoms with Crippen molar-refractivity contribution in [2.24, 2.45) is 0 Å². The van der Waals surface area contributed by atoms with E-state index in [1.165, 1.54) is 16.7 Å². The van der Waals surface area contributed by atoms with Crippen LogP contribution in [-0.2, 0) is 15.9 Å². The summed E-state index contributed by atoms with van der Waals surface area (Å²) in [6.07, 6.45) is 0.713. The van der Waals surface area contributed by atoms with Crippen LogP contribution >= 0.6 is 0 Å². The van der Waals surface area contributed by atoms with E-state index in [4.69, 9.17) is 9.47 Å². The Bertz CT molecular complexity index is 315. The van der Waals surface area contributed by atoms with Crippen LogP contribution in [0.25, 0.3) is 0 Å². The maximum atomic E-state index is 5.55. The summed E-state index contributed by atoms with van der Waals surface area (Å²) < 4.78 is 11.1. The van der Waals surface area contributed by atoms with Crippen molar-refractivity contribution >= 4 is 0 Å². The topological polar surface area (TPSA) is 18.5 Å². The van der Waals surface area contributed by atoms with E-state index in [9.17, 15) is 0 Å². The second kappa shape index (κ2) is 6.66. The van der Waals surface area contributed by atoms with Crippen LogP contribution in [-0.4, -0.2) is 19.5 Å². The molecule has 0 saturated heterocycles. The Balaban J connectivity index is 2.68. The largest absolute Gasteiger partial charge is 0.353 e. The lowest BCUT2D eigenvalue weighted by atomic mass is 10.0. The van der Waals surface area contributed by atoms with Crippen LogP contribution in [0.4, 0.5) is 0 Å². The third kappa shape index (κ3) is 3.95. The Kier molecular flexibility index (Phi) is 5.50. The molecule has 0 aliphatic carbocycles. The minimum atomic E-state index is -0.114. The van der Waals surface area contributed by atoms with E-state index in [0.717, 1.165) is 6.42 Å². The Morgan fingerprint density at radius 1 is 1.06 bits per heavy atom. The van der Waals surface area contributed by atoms with Gasteiger partial charge in [-0.05, 0) is 38.8 Å². The molecule has 0 N–H and O–H groups in total. The average Bonchev–Trinajstić information content (AvgIpc) is 2.23. The van der Waals surface area contributed by atoms with E-state index in [2.05, 4.69) is 32.0 Å². The lowest BCUT2D eigenvalue weighted by molar-refractivity contribution is -0.134. The summed E-state index contributed by atoms with van der Waals surface area (Å²) in [6, 6.07) is 6.50. The van der Waals surface area contributed by atoms with Crippen molar-refractivity contribution in [1.82, 2.24) is 0 Å². The normalized spacial score (nSPS) is 11.1. The minimum absolute atomic E-state index is 0.114. The molecule has 1 rings (SSSR count). The van der Waals surface area contributed by atoms with Crippen molar-refractivity contribution in [1.29, 1.82) is 0 Å². The molecule has 0 aromatic heterocycles. The first kappa shape index (κ1) is 13.2. The molecule has 1 aromatic carbocycles. The highest BCUT2D eigenvalue weighted by Crippen LogP contribution is 2.14. The van der Waals surface area contributed by atoms with Gasteiger partial charge in [-0.25, -0.2) is 0 Å². The van der Waals surface area contributed by atoms with Gasteiger partial charge in [-0.3, -0.25) is 0 Å². The third-order valence-corrected chi connectivity index (χ3v) is 2.59. The fourth-order valence-corrected chi connectivity index (χ4v) is 1.79. The molecule has 0 fully saturated rings. The van der Waals surface area contributed by atoms with Crippen LogP contribution in [0.3, 0.4) is 0 Å². The molecule has 0 bridgehead atoms. The van der Waals surface area contributed by atoms with Gasteiger partial charge in [0.15, 0.2) is 6.29 Å². The zero-order chi connectivity index (χ0) is 12.0. The molecular weight excluding hydrogens is 200 g/mol. The molecule has 16 heavy (non-hydrogen) atoms. The molecule has 0 unspecified atom stereocenters. The summed E-state index contributed by atoms with van der Waals surface area (Å²) in [5.41, 5.74) is 3.91. The van der Waals surface area contributed by atoms with Gasteiger partial charge in [-0.1, -0.05) is 23.8 Å². The SMILES string of the molecule is CCOC(Cc1ccc(C)cc1C)OCC. The Labute approximate surface area is 98.6 Å². The first-order chi connectivity index (χ1) is 7.67. The summed E-state index contributed by atoms with van der Waals surface area (Å²) in [6.45, 7) is 9.61. The van der Waals surface area contributed by atoms with Crippen LogP contribution in [0.2, 0.25) is 0 Å². The Morgan fingerprint density at radius 2 is 1.69 bits per heavy atom. The fraction of sp³-hybridized carbons (Fsp3) is 0.571. The van der Waals surface area contributed by atoms with E-state index in [0.29, 0.717) is 13.2 Å². The summed E-state index contributed by atoms with van der Waals surface area (Å²) in [5.74, 6) is 0. The van der Waals surface area contributed by atoms with E-state index in [1.54, 1.807) is 0 Å². The number of hydrogen-bond donors (Lipinski definition) is 0. The van der Waals surface area contributed by atoms with Gasteiger partial charge in [0.25, 0.3) is 0 Å². The monoisotopic (exact) mass is 222 g/mol. The van der Waals surface area contributed by atoms with Crippen LogP contribution < -0.4 is 0 Å². The highest BCUT2D eigenvalue weighted by molar-refractivity contribution is 5.30. The van der Waals surface area contributed by atoms with Crippen LogP contribution in [0.5, 0.6) is 0 Å². The number of rotatable bonds is 6. The number of benzene rings is 1. The molecule has 0 amide bonds. The van der Waals surface area contributed by atoms with Gasteiger partial charge >= 0.3 is 0 Å². The molecule has 2 nitrogen and oxygen atoms in total. The first-order valence-electron chi connectivity index (χ1n) is 5.96. The molecule has 0 saturated carbocycles. The second-order valence-corrected chi connectivity index (χ2v) is 3.97. The lowest BCUT2D eigenvalue weighted by Crippen LogP contribution is -2.20. The van der Waals surface area contributed by atoms with Gasteiger partial charge < -0.3 is 9.47 Å².